The molecule has 2 unspecified atom stereocenters. The minimum Gasteiger partial charge on any atom is -0.353 e. The number of ether oxygens (including phenoxy) is 1. The molecule has 1 N–H and O–H groups in total. The summed E-state index contributed by atoms with van der Waals surface area (Å²) in [6.07, 6.45) is 1.07. The van der Waals surface area contributed by atoms with Gasteiger partial charge in [0.2, 0.25) is 6.08 Å². The molecule has 1 aliphatic heterocycles. The molecule has 0 bridgehead atoms. The van der Waals surface area contributed by atoms with Crippen molar-refractivity contribution < 1.29 is 9.53 Å². The fraction of sp³-hybridized carbons (Fsp3) is 0.750. The SMILES string of the molecule is CC1OC1Cl.N=C=O. The first-order chi connectivity index (χ1) is 3.72. The Balaban J connectivity index is 0.000000145. The molecule has 1 saturated heterocycles. The van der Waals surface area contributed by atoms with E-state index in [1.807, 2.05) is 6.92 Å². The van der Waals surface area contributed by atoms with Crippen LogP contribution in [-0.2, 0) is 9.53 Å². The second-order valence-electron chi connectivity index (χ2n) is 1.29. The molecule has 4 heteroatoms. The molecule has 1 heterocycles. The van der Waals surface area contributed by atoms with Gasteiger partial charge < -0.3 is 4.74 Å². The van der Waals surface area contributed by atoms with Crippen LogP contribution in [0.25, 0.3) is 0 Å². The highest BCUT2D eigenvalue weighted by atomic mass is 35.5. The maximum Gasteiger partial charge on any atom is 0.231 e. The van der Waals surface area contributed by atoms with E-state index < -0.39 is 0 Å². The molecule has 46 valence electrons. The van der Waals surface area contributed by atoms with Gasteiger partial charge in [0, 0.05) is 0 Å². The summed E-state index contributed by atoms with van der Waals surface area (Å²) in [6, 6.07) is 0. The quantitative estimate of drug-likeness (QED) is 0.232. The van der Waals surface area contributed by atoms with E-state index in [-0.39, 0.29) is 5.56 Å². The third-order valence-electron chi connectivity index (χ3n) is 0.637. The zero-order valence-corrected chi connectivity index (χ0v) is 5.11. The third kappa shape index (κ3) is 3.81. The van der Waals surface area contributed by atoms with Gasteiger partial charge in [-0.3, -0.25) is 0 Å². The van der Waals surface area contributed by atoms with E-state index in [0.717, 1.165) is 6.08 Å². The smallest absolute Gasteiger partial charge is 0.231 e. The van der Waals surface area contributed by atoms with Gasteiger partial charge in [0.25, 0.3) is 0 Å². The highest BCUT2D eigenvalue weighted by Crippen LogP contribution is 2.23. The Morgan fingerprint density at radius 1 is 1.88 bits per heavy atom. The van der Waals surface area contributed by atoms with E-state index in [4.69, 9.17) is 21.8 Å². The van der Waals surface area contributed by atoms with E-state index >= 15 is 0 Å². The number of carbonyl (C=O) groups excluding carboxylic acids is 1. The van der Waals surface area contributed by atoms with Crippen molar-refractivity contribution in [2.45, 2.75) is 18.6 Å². The Kier molecular flexibility index (Phi) is 3.44. The molecule has 3 nitrogen and oxygen atoms in total. The molecule has 0 aromatic carbocycles. The normalized spacial score (nSPS) is 31.8. The predicted octanol–water partition coefficient (Wildman–Crippen LogP) is 0.871. The minimum absolute atomic E-state index is 0.0231. The van der Waals surface area contributed by atoms with Gasteiger partial charge in [0.15, 0.2) is 5.56 Å². The van der Waals surface area contributed by atoms with Gasteiger partial charge in [0.1, 0.15) is 0 Å². The van der Waals surface area contributed by atoms with Gasteiger partial charge in [-0.15, -0.1) is 0 Å². The maximum atomic E-state index is 8.35. The van der Waals surface area contributed by atoms with E-state index in [1.54, 1.807) is 0 Å². The molecule has 1 aliphatic rings. The first kappa shape index (κ1) is 7.63. The summed E-state index contributed by atoms with van der Waals surface area (Å²) in [5.41, 5.74) is 0.0231. The second kappa shape index (κ2) is 3.61. The molecule has 0 saturated carbocycles. The van der Waals surface area contributed by atoms with Crippen LogP contribution in [0.1, 0.15) is 6.92 Å². The summed E-state index contributed by atoms with van der Waals surface area (Å²) in [5.74, 6) is 0. The van der Waals surface area contributed by atoms with Crippen LogP contribution in [0.15, 0.2) is 0 Å². The Bertz CT molecular complexity index is 94.2. The van der Waals surface area contributed by atoms with Gasteiger partial charge in [-0.25, -0.2) is 10.2 Å². The average Bonchev–Trinajstić information content (AvgIpc) is 2.22. The highest BCUT2D eigenvalue weighted by Gasteiger charge is 2.30. The standard InChI is InChI=1S/C3H5ClO.CHNO/c1-2-3(4)5-2;2-1-3/h2-3H,1H3;2H. The van der Waals surface area contributed by atoms with E-state index in [2.05, 4.69) is 4.74 Å². The van der Waals surface area contributed by atoms with E-state index in [9.17, 15) is 0 Å². The Hall–Kier alpha value is -0.370. The summed E-state index contributed by atoms with van der Waals surface area (Å²) >= 11 is 5.31. The number of rotatable bonds is 0. The van der Waals surface area contributed by atoms with Crippen molar-refractivity contribution in [3.05, 3.63) is 0 Å². The summed E-state index contributed by atoms with van der Waals surface area (Å²) in [7, 11) is 0. The number of hydrogen-bond donors (Lipinski definition) is 1. The molecular formula is C4H6ClNO2. The largest absolute Gasteiger partial charge is 0.353 e. The molecule has 0 aliphatic carbocycles. The minimum atomic E-state index is 0.0231. The fourth-order valence-electron chi connectivity index (χ4n) is 0.160. The Labute approximate surface area is 52.1 Å². The van der Waals surface area contributed by atoms with Crippen LogP contribution in [0, 0.1) is 5.41 Å². The molecule has 0 radical (unpaired) electrons. The molecule has 8 heavy (non-hydrogen) atoms. The number of nitrogens with one attached hydrogen (secondary N) is 1. The van der Waals surface area contributed by atoms with Gasteiger partial charge in [-0.1, -0.05) is 11.6 Å². The molecule has 1 fully saturated rings. The molecule has 0 amide bonds. The highest BCUT2D eigenvalue weighted by molar-refractivity contribution is 6.21. The van der Waals surface area contributed by atoms with Crippen molar-refractivity contribution >= 4 is 17.7 Å². The summed E-state index contributed by atoms with van der Waals surface area (Å²) in [5, 5.41) is 5.40. The first-order valence-electron chi connectivity index (χ1n) is 2.05. The lowest BCUT2D eigenvalue weighted by atomic mass is 10.6. The van der Waals surface area contributed by atoms with Crippen molar-refractivity contribution in [1.29, 1.82) is 5.41 Å². The summed E-state index contributed by atoms with van der Waals surface area (Å²) in [6.45, 7) is 1.94. The predicted molar refractivity (Wildman–Crippen MR) is 28.6 cm³/mol. The Morgan fingerprint density at radius 3 is 2.00 bits per heavy atom. The molecule has 0 aromatic heterocycles. The van der Waals surface area contributed by atoms with Crippen molar-refractivity contribution in [3.8, 4) is 0 Å². The zero-order valence-electron chi connectivity index (χ0n) is 4.35. The van der Waals surface area contributed by atoms with Crippen molar-refractivity contribution in [2.75, 3.05) is 0 Å². The molecule has 0 spiro atoms. The van der Waals surface area contributed by atoms with Gasteiger partial charge in [0.05, 0.1) is 6.10 Å². The van der Waals surface area contributed by atoms with E-state index in [1.165, 1.54) is 0 Å². The number of isocyanates is 1. The number of alkyl halides is 1. The fourth-order valence-corrected chi connectivity index (χ4v) is 0.322. The van der Waals surface area contributed by atoms with Crippen LogP contribution >= 0.6 is 11.6 Å². The van der Waals surface area contributed by atoms with Crippen molar-refractivity contribution in [1.82, 2.24) is 0 Å². The van der Waals surface area contributed by atoms with Crippen LogP contribution in [0.4, 0.5) is 0 Å². The third-order valence-corrected chi connectivity index (χ3v) is 1.09. The van der Waals surface area contributed by atoms with Crippen LogP contribution < -0.4 is 0 Å². The van der Waals surface area contributed by atoms with Crippen LogP contribution in [-0.4, -0.2) is 17.7 Å². The lowest BCUT2D eigenvalue weighted by Crippen LogP contribution is -1.69. The summed E-state index contributed by atoms with van der Waals surface area (Å²) < 4.78 is 4.68. The van der Waals surface area contributed by atoms with Gasteiger partial charge in [-0.2, -0.15) is 0 Å². The van der Waals surface area contributed by atoms with Crippen LogP contribution in [0.5, 0.6) is 0 Å². The molecular weight excluding hydrogens is 130 g/mol. The lowest BCUT2D eigenvalue weighted by molar-refractivity contribution is 0.411. The van der Waals surface area contributed by atoms with Crippen LogP contribution in [0.2, 0.25) is 0 Å². The second-order valence-corrected chi connectivity index (χ2v) is 1.72. The van der Waals surface area contributed by atoms with Crippen molar-refractivity contribution in [3.63, 3.8) is 0 Å². The van der Waals surface area contributed by atoms with Gasteiger partial charge in [-0.05, 0) is 6.92 Å². The topological polar surface area (TPSA) is 53.5 Å². The van der Waals surface area contributed by atoms with Crippen LogP contribution in [0.3, 0.4) is 0 Å². The van der Waals surface area contributed by atoms with Gasteiger partial charge >= 0.3 is 0 Å². The molecule has 2 atom stereocenters. The average molecular weight is 136 g/mol. The van der Waals surface area contributed by atoms with E-state index in [0.29, 0.717) is 6.10 Å². The Morgan fingerprint density at radius 2 is 2.00 bits per heavy atom. The number of halogens is 1. The maximum absolute atomic E-state index is 8.35. The molecule has 1 rings (SSSR count). The number of hydrogen-bond acceptors (Lipinski definition) is 3. The molecule has 0 aromatic rings. The lowest BCUT2D eigenvalue weighted by Gasteiger charge is -1.55. The monoisotopic (exact) mass is 135 g/mol. The van der Waals surface area contributed by atoms with Crippen molar-refractivity contribution in [2.24, 2.45) is 0 Å². The summed E-state index contributed by atoms with van der Waals surface area (Å²) in [4.78, 5) is 8.35. The zero-order chi connectivity index (χ0) is 6.57. The first-order valence-corrected chi connectivity index (χ1v) is 2.49. The number of epoxide rings is 1.